The van der Waals surface area contributed by atoms with E-state index in [4.69, 9.17) is 18.3 Å². The van der Waals surface area contributed by atoms with Gasteiger partial charge in [-0.25, -0.2) is 9.26 Å². The standard InChI is InChI=1S/C19H54N10P4/c1-19(2,3)20-32(21-30(16,17)24(4)5,22-31(18,25(6)7)26(8)9)23-33(27(10)11,28(12)13)29(14)15/h1-18H3. The summed E-state index contributed by atoms with van der Waals surface area (Å²) in [6, 6.07) is 0. The van der Waals surface area contributed by atoms with Crippen LogP contribution in [0.1, 0.15) is 20.8 Å². The lowest BCUT2D eigenvalue weighted by Gasteiger charge is -2.43. The van der Waals surface area contributed by atoms with Crippen molar-refractivity contribution in [2.24, 2.45) is 18.3 Å². The van der Waals surface area contributed by atoms with Gasteiger partial charge in [-0.3, -0.25) is 28.0 Å². The smallest absolute Gasteiger partial charge is 0.276 e. The Bertz CT molecular complexity index is 833. The Morgan fingerprint density at radius 3 is 1.09 bits per heavy atom. The van der Waals surface area contributed by atoms with Crippen LogP contribution in [0.15, 0.2) is 18.3 Å². The average Bonchev–Trinajstić information content (AvgIpc) is 2.56. The SMILES string of the molecule is CN(C)P(C)(C)=NP(=NC(C)(C)C)(N=P(C)(N(C)C)N(C)C)N=P(N(C)C)(N(C)C)N(C)C. The van der Waals surface area contributed by atoms with Gasteiger partial charge in [-0.15, -0.1) is 0 Å². The molecule has 0 bridgehead atoms. The maximum absolute atomic E-state index is 5.72. The molecule has 0 aliphatic carbocycles. The van der Waals surface area contributed by atoms with Crippen molar-refractivity contribution in [2.75, 3.05) is 105 Å². The zero-order chi connectivity index (χ0) is 26.8. The molecule has 0 aromatic heterocycles. The number of hydrogen-bond donors (Lipinski definition) is 0. The van der Waals surface area contributed by atoms with Crippen molar-refractivity contribution in [3.05, 3.63) is 0 Å². The summed E-state index contributed by atoms with van der Waals surface area (Å²) in [5.74, 6) is 0. The van der Waals surface area contributed by atoms with E-state index >= 15 is 0 Å². The van der Waals surface area contributed by atoms with E-state index in [9.17, 15) is 0 Å². The minimum Gasteiger partial charge on any atom is -0.276 e. The van der Waals surface area contributed by atoms with E-state index < -0.39 is 29.6 Å². The molecule has 0 spiro atoms. The third-order valence-corrected chi connectivity index (χ3v) is 21.4. The predicted molar refractivity (Wildman–Crippen MR) is 157 cm³/mol. The second kappa shape index (κ2) is 11.8. The van der Waals surface area contributed by atoms with Crippen LogP contribution in [0.2, 0.25) is 0 Å². The van der Waals surface area contributed by atoms with Crippen LogP contribution in [-0.2, 0) is 0 Å². The molecule has 33 heavy (non-hydrogen) atoms. The molecule has 0 N–H and O–H groups in total. The van der Waals surface area contributed by atoms with Gasteiger partial charge in [0.1, 0.15) is 7.36 Å². The van der Waals surface area contributed by atoms with Crippen molar-refractivity contribution < 1.29 is 0 Å². The molecule has 200 valence electrons. The summed E-state index contributed by atoms with van der Waals surface area (Å²) in [7, 11) is 16.0. The minimum absolute atomic E-state index is 0.347. The summed E-state index contributed by atoms with van der Waals surface area (Å²) in [6.45, 7) is 13.1. The van der Waals surface area contributed by atoms with Crippen LogP contribution in [0.25, 0.3) is 0 Å². The number of hydrogen-bond acceptors (Lipinski definition) is 1. The normalized spacial score (nSPS) is 16.2. The van der Waals surface area contributed by atoms with Gasteiger partial charge in [0.2, 0.25) is 0 Å². The lowest BCUT2D eigenvalue weighted by molar-refractivity contribution is 0.475. The minimum atomic E-state index is -2.91. The molecule has 0 aliphatic rings. The van der Waals surface area contributed by atoms with Crippen LogP contribution in [0.4, 0.5) is 0 Å². The molecule has 0 saturated carbocycles. The Labute approximate surface area is 206 Å². The Hall–Kier alpha value is 0.680. The van der Waals surface area contributed by atoms with Crippen molar-refractivity contribution in [2.45, 2.75) is 26.3 Å². The molecule has 10 nitrogen and oxygen atoms in total. The molecule has 0 fully saturated rings. The molecule has 0 aromatic carbocycles. The van der Waals surface area contributed by atoms with Gasteiger partial charge in [-0.05, 0) is 125 Å². The molecular formula is C19H54N10P4. The largest absolute Gasteiger partial charge is 0.303 e. The van der Waals surface area contributed by atoms with E-state index in [0.717, 1.165) is 0 Å². The fraction of sp³-hybridized carbons (Fsp3) is 1.00. The molecule has 1 unspecified atom stereocenters. The third kappa shape index (κ3) is 8.35. The Morgan fingerprint density at radius 1 is 0.485 bits per heavy atom. The molecule has 0 amide bonds. The van der Waals surface area contributed by atoms with Crippen molar-refractivity contribution in [3.63, 3.8) is 0 Å². The molecule has 0 aromatic rings. The fourth-order valence-corrected chi connectivity index (χ4v) is 17.9. The quantitative estimate of drug-likeness (QED) is 0.327. The maximum atomic E-state index is 5.72. The molecule has 0 radical (unpaired) electrons. The van der Waals surface area contributed by atoms with Crippen LogP contribution in [0.5, 0.6) is 0 Å². The van der Waals surface area contributed by atoms with Crippen molar-refractivity contribution in [1.29, 1.82) is 0 Å². The van der Waals surface area contributed by atoms with Gasteiger partial charge in [0.15, 0.2) is 7.51 Å². The first-order chi connectivity index (χ1) is 14.5. The predicted octanol–water partition coefficient (Wildman–Crippen LogP) is 6.08. The summed E-state index contributed by atoms with van der Waals surface area (Å²) in [6.07, 6.45) is 0. The first-order valence-corrected chi connectivity index (χ1v) is 18.9. The van der Waals surface area contributed by atoms with Crippen LogP contribution in [0.3, 0.4) is 0 Å². The highest BCUT2D eigenvalue weighted by Crippen LogP contribution is 2.76. The molecule has 0 aliphatic heterocycles. The van der Waals surface area contributed by atoms with E-state index in [1.54, 1.807) is 0 Å². The molecular weight excluding hydrogens is 492 g/mol. The van der Waals surface area contributed by atoms with Crippen molar-refractivity contribution >= 4 is 29.6 Å². The van der Waals surface area contributed by atoms with E-state index in [-0.39, 0.29) is 5.54 Å². The molecule has 14 heteroatoms. The van der Waals surface area contributed by atoms with E-state index in [0.29, 0.717) is 0 Å². The summed E-state index contributed by atoms with van der Waals surface area (Å²) >= 11 is 0. The lowest BCUT2D eigenvalue weighted by Crippen LogP contribution is -2.30. The van der Waals surface area contributed by atoms with Gasteiger partial charge in [0.05, 0.1) is 5.54 Å². The van der Waals surface area contributed by atoms with Gasteiger partial charge in [-0.2, -0.15) is 9.03 Å². The zero-order valence-corrected chi connectivity index (χ0v) is 28.3. The molecule has 0 saturated heterocycles. The monoisotopic (exact) mass is 546 g/mol. The van der Waals surface area contributed by atoms with Crippen LogP contribution >= 0.6 is 29.6 Å². The Kier molecular flexibility index (Phi) is 12.1. The van der Waals surface area contributed by atoms with E-state index in [1.807, 2.05) is 0 Å². The van der Waals surface area contributed by atoms with Crippen LogP contribution < -0.4 is 0 Å². The molecule has 1 atom stereocenters. The Balaban J connectivity index is 8.53. The van der Waals surface area contributed by atoms with E-state index in [1.165, 1.54) is 0 Å². The van der Waals surface area contributed by atoms with Crippen molar-refractivity contribution in [3.8, 4) is 0 Å². The van der Waals surface area contributed by atoms with Gasteiger partial charge in [0.25, 0.3) is 0 Å². The highest BCUT2D eigenvalue weighted by Gasteiger charge is 2.37. The number of rotatable bonds is 9. The molecule has 0 rings (SSSR count). The first kappa shape index (κ1) is 33.7. The summed E-state index contributed by atoms with van der Waals surface area (Å²) in [5, 5.41) is 0. The summed E-state index contributed by atoms with van der Waals surface area (Å²) < 4.78 is 35.7. The second-order valence-electron chi connectivity index (χ2n) is 10.9. The zero-order valence-electron chi connectivity index (χ0n) is 24.8. The van der Waals surface area contributed by atoms with Gasteiger partial charge >= 0.3 is 7.51 Å². The van der Waals surface area contributed by atoms with Crippen molar-refractivity contribution in [1.82, 2.24) is 28.0 Å². The van der Waals surface area contributed by atoms with Gasteiger partial charge in [-0.1, -0.05) is 0 Å². The maximum Gasteiger partial charge on any atom is 0.303 e. The Morgan fingerprint density at radius 2 is 0.848 bits per heavy atom. The topological polar surface area (TPSA) is 68.9 Å². The first-order valence-electron chi connectivity index (χ1n) is 11.0. The van der Waals surface area contributed by atoms with Gasteiger partial charge in [0, 0.05) is 7.21 Å². The lowest BCUT2D eigenvalue weighted by atomic mass is 10.1. The number of nitrogens with zero attached hydrogens (tertiary/aromatic N) is 10. The second-order valence-corrected chi connectivity index (χ2v) is 24.6. The highest BCUT2D eigenvalue weighted by atomic mass is 31.2. The average molecular weight is 547 g/mol. The third-order valence-electron chi connectivity index (χ3n) is 5.41. The summed E-state index contributed by atoms with van der Waals surface area (Å²) in [5.41, 5.74) is -0.347. The molecule has 0 heterocycles. The van der Waals surface area contributed by atoms with Crippen LogP contribution in [-0.4, -0.2) is 138 Å². The highest BCUT2D eigenvalue weighted by molar-refractivity contribution is 7.81. The van der Waals surface area contributed by atoms with Crippen LogP contribution in [0, 0.1) is 0 Å². The van der Waals surface area contributed by atoms with Gasteiger partial charge < -0.3 is 0 Å². The summed E-state index contributed by atoms with van der Waals surface area (Å²) in [4.78, 5) is 0. The fourth-order valence-electron chi connectivity index (χ4n) is 3.11. The van der Waals surface area contributed by atoms with E-state index in [2.05, 4.69) is 153 Å².